The lowest BCUT2D eigenvalue weighted by Crippen LogP contribution is -2.36. The first kappa shape index (κ1) is 28.7. The Bertz CT molecular complexity index is 1280. The number of rotatable bonds is 11. The van der Waals surface area contributed by atoms with E-state index in [1.807, 2.05) is 24.3 Å². The average molecular weight is 551 g/mol. The van der Waals surface area contributed by atoms with Crippen LogP contribution in [0.3, 0.4) is 0 Å². The van der Waals surface area contributed by atoms with E-state index in [1.54, 1.807) is 12.0 Å². The lowest BCUT2D eigenvalue weighted by Gasteiger charge is -2.31. The van der Waals surface area contributed by atoms with Crippen LogP contribution in [-0.4, -0.2) is 58.8 Å². The highest BCUT2D eigenvalue weighted by Gasteiger charge is 2.26. The van der Waals surface area contributed by atoms with Crippen LogP contribution in [0.1, 0.15) is 54.9 Å². The number of hydrogen-bond donors (Lipinski definition) is 1. The Morgan fingerprint density at radius 3 is 2.46 bits per heavy atom. The van der Waals surface area contributed by atoms with Gasteiger partial charge in [-0.2, -0.15) is 0 Å². The molecule has 1 amide bonds. The van der Waals surface area contributed by atoms with Crippen LogP contribution in [-0.2, 0) is 22.6 Å². The summed E-state index contributed by atoms with van der Waals surface area (Å²) in [7, 11) is 1.62. The smallest absolute Gasteiger partial charge is 0.306 e. The lowest BCUT2D eigenvalue weighted by molar-refractivity contribution is -0.143. The van der Waals surface area contributed by atoms with Gasteiger partial charge in [0.1, 0.15) is 10.8 Å². The standard InChI is InChI=1S/C30H38N4O4S/c1-5-6-13-34(27(35)18-23-9-7-8-10-26(23)38-4)30-32-31-28(39-30)24-16-20(2)25(21(3)17-24)19-33-14-11-22(12-15-33)29(36)37/h7-10,16-17,22H,5-6,11-15,18-19H2,1-4H3,(H,36,37). The van der Waals surface area contributed by atoms with E-state index in [4.69, 9.17) is 4.74 Å². The van der Waals surface area contributed by atoms with Crippen molar-refractivity contribution < 1.29 is 19.4 Å². The number of methoxy groups -OCH3 is 1. The van der Waals surface area contributed by atoms with Crippen LogP contribution in [0.25, 0.3) is 10.6 Å². The topological polar surface area (TPSA) is 95.9 Å². The third kappa shape index (κ3) is 7.02. The predicted molar refractivity (Wildman–Crippen MR) is 154 cm³/mol. The number of carbonyl (C=O) groups excluding carboxylic acids is 1. The summed E-state index contributed by atoms with van der Waals surface area (Å²) < 4.78 is 5.45. The highest BCUT2D eigenvalue weighted by atomic mass is 32.1. The van der Waals surface area contributed by atoms with Crippen molar-refractivity contribution >= 4 is 28.3 Å². The molecule has 1 fully saturated rings. The van der Waals surface area contributed by atoms with Crippen molar-refractivity contribution in [1.82, 2.24) is 15.1 Å². The fourth-order valence-electron chi connectivity index (χ4n) is 5.12. The molecule has 1 N–H and O–H groups in total. The number of unbranched alkanes of at least 4 members (excludes halogenated alkanes) is 1. The van der Waals surface area contributed by atoms with Gasteiger partial charge in [-0.3, -0.25) is 19.4 Å². The quantitative estimate of drug-likeness (QED) is 0.337. The van der Waals surface area contributed by atoms with Crippen molar-refractivity contribution in [3.8, 4) is 16.3 Å². The molecule has 0 saturated carbocycles. The van der Waals surface area contributed by atoms with Gasteiger partial charge in [0.05, 0.1) is 19.4 Å². The number of para-hydroxylation sites is 1. The fourth-order valence-corrected chi connectivity index (χ4v) is 5.99. The predicted octanol–water partition coefficient (Wildman–Crippen LogP) is 5.50. The van der Waals surface area contributed by atoms with E-state index in [-0.39, 0.29) is 18.2 Å². The number of amides is 1. The molecule has 0 unspecified atom stereocenters. The summed E-state index contributed by atoms with van der Waals surface area (Å²) in [4.78, 5) is 28.8. The summed E-state index contributed by atoms with van der Waals surface area (Å²) in [5, 5.41) is 19.6. The SMILES string of the molecule is CCCCN(C(=O)Cc1ccccc1OC)c1nnc(-c2cc(C)c(CN3CCC(C(=O)O)CC3)c(C)c2)s1. The van der Waals surface area contributed by atoms with Crippen molar-refractivity contribution in [2.45, 2.75) is 59.4 Å². The molecule has 1 saturated heterocycles. The van der Waals surface area contributed by atoms with E-state index < -0.39 is 5.97 Å². The van der Waals surface area contributed by atoms with Crippen LogP contribution >= 0.6 is 11.3 Å². The summed E-state index contributed by atoms with van der Waals surface area (Å²) in [6.07, 6.45) is 3.48. The maximum absolute atomic E-state index is 13.4. The van der Waals surface area contributed by atoms with Crippen LogP contribution in [0.4, 0.5) is 5.13 Å². The normalized spacial score (nSPS) is 14.4. The minimum Gasteiger partial charge on any atom is -0.496 e. The number of nitrogens with zero attached hydrogens (tertiary/aromatic N) is 4. The fraction of sp³-hybridized carbons (Fsp3) is 0.467. The molecule has 1 aromatic heterocycles. The van der Waals surface area contributed by atoms with E-state index >= 15 is 0 Å². The zero-order valence-corrected chi connectivity index (χ0v) is 24.1. The molecule has 0 atom stereocenters. The van der Waals surface area contributed by atoms with Crippen molar-refractivity contribution in [2.75, 3.05) is 31.6 Å². The van der Waals surface area contributed by atoms with Gasteiger partial charge in [-0.05, 0) is 81.1 Å². The molecule has 4 rings (SSSR count). The Balaban J connectivity index is 1.50. The molecule has 0 radical (unpaired) electrons. The van der Waals surface area contributed by atoms with Gasteiger partial charge in [0.25, 0.3) is 0 Å². The second kappa shape index (κ2) is 13.2. The Labute approximate surface area is 234 Å². The van der Waals surface area contributed by atoms with Crippen molar-refractivity contribution in [3.63, 3.8) is 0 Å². The molecular formula is C30H38N4O4S. The molecule has 0 spiro atoms. The van der Waals surface area contributed by atoms with Crippen LogP contribution in [0, 0.1) is 19.8 Å². The second-order valence-electron chi connectivity index (χ2n) is 10.3. The Morgan fingerprint density at radius 2 is 1.82 bits per heavy atom. The Hall–Kier alpha value is -3.30. The molecule has 1 aliphatic heterocycles. The Morgan fingerprint density at radius 1 is 1.13 bits per heavy atom. The van der Waals surface area contributed by atoms with E-state index in [9.17, 15) is 14.7 Å². The van der Waals surface area contributed by atoms with Crippen molar-refractivity contribution in [2.24, 2.45) is 5.92 Å². The largest absolute Gasteiger partial charge is 0.496 e. The summed E-state index contributed by atoms with van der Waals surface area (Å²) in [5.41, 5.74) is 5.48. The number of piperidine rings is 1. The monoisotopic (exact) mass is 550 g/mol. The Kier molecular flexibility index (Phi) is 9.69. The van der Waals surface area contributed by atoms with Crippen molar-refractivity contribution in [1.29, 1.82) is 0 Å². The van der Waals surface area contributed by atoms with Gasteiger partial charge >= 0.3 is 5.97 Å². The number of carbonyl (C=O) groups is 2. The van der Waals surface area contributed by atoms with Gasteiger partial charge in [0, 0.05) is 24.2 Å². The van der Waals surface area contributed by atoms with Crippen LogP contribution < -0.4 is 9.64 Å². The summed E-state index contributed by atoms with van der Waals surface area (Å²) >= 11 is 1.44. The minimum absolute atomic E-state index is 0.0231. The highest BCUT2D eigenvalue weighted by molar-refractivity contribution is 7.18. The van der Waals surface area contributed by atoms with Gasteiger partial charge in [-0.25, -0.2) is 0 Å². The van der Waals surface area contributed by atoms with Gasteiger partial charge < -0.3 is 9.84 Å². The number of anilines is 1. The molecule has 8 nitrogen and oxygen atoms in total. The molecule has 1 aliphatic rings. The number of carboxylic acids is 1. The number of carboxylic acid groups (broad SMARTS) is 1. The van der Waals surface area contributed by atoms with Gasteiger partial charge in [-0.15, -0.1) is 10.2 Å². The minimum atomic E-state index is -0.683. The van der Waals surface area contributed by atoms with Crippen LogP contribution in [0.5, 0.6) is 5.75 Å². The number of aliphatic carboxylic acids is 1. The first-order valence-corrected chi connectivity index (χ1v) is 14.4. The van der Waals surface area contributed by atoms with Crippen LogP contribution in [0.15, 0.2) is 36.4 Å². The number of aryl methyl sites for hydroxylation is 2. The van der Waals surface area contributed by atoms with Crippen molar-refractivity contribution in [3.05, 3.63) is 58.7 Å². The number of ether oxygens (including phenoxy) is 1. The number of benzene rings is 2. The maximum atomic E-state index is 13.4. The van der Waals surface area contributed by atoms with Gasteiger partial charge in [0.15, 0.2) is 0 Å². The molecule has 208 valence electrons. The third-order valence-corrected chi connectivity index (χ3v) is 8.47. The summed E-state index contributed by atoms with van der Waals surface area (Å²) in [5.74, 6) is -0.227. The molecule has 0 aliphatic carbocycles. The molecular weight excluding hydrogens is 512 g/mol. The number of likely N-dealkylation sites (tertiary alicyclic amines) is 1. The molecule has 0 bridgehead atoms. The summed E-state index contributed by atoms with van der Waals surface area (Å²) in [6.45, 7) is 9.34. The molecule has 9 heteroatoms. The lowest BCUT2D eigenvalue weighted by atomic mass is 9.95. The molecule has 3 aromatic rings. The average Bonchev–Trinajstić information content (AvgIpc) is 3.41. The second-order valence-corrected chi connectivity index (χ2v) is 11.2. The van der Waals surface area contributed by atoms with E-state index in [2.05, 4.69) is 48.0 Å². The number of hydrogen-bond acceptors (Lipinski definition) is 7. The summed E-state index contributed by atoms with van der Waals surface area (Å²) in [6, 6.07) is 11.9. The molecule has 2 aromatic carbocycles. The zero-order chi connectivity index (χ0) is 27.9. The first-order valence-electron chi connectivity index (χ1n) is 13.6. The van der Waals surface area contributed by atoms with E-state index in [0.717, 1.165) is 48.6 Å². The van der Waals surface area contributed by atoms with Crippen LogP contribution in [0.2, 0.25) is 0 Å². The third-order valence-electron chi connectivity index (χ3n) is 7.48. The molecule has 39 heavy (non-hydrogen) atoms. The number of aromatic nitrogens is 2. The first-order chi connectivity index (χ1) is 18.8. The van der Waals surface area contributed by atoms with E-state index in [1.165, 1.54) is 28.0 Å². The maximum Gasteiger partial charge on any atom is 0.306 e. The highest BCUT2D eigenvalue weighted by Crippen LogP contribution is 2.33. The van der Waals surface area contributed by atoms with E-state index in [0.29, 0.717) is 30.3 Å². The zero-order valence-electron chi connectivity index (χ0n) is 23.3. The van der Waals surface area contributed by atoms with Gasteiger partial charge in [0.2, 0.25) is 11.0 Å². The van der Waals surface area contributed by atoms with Gasteiger partial charge in [-0.1, -0.05) is 42.9 Å². The molecule has 2 heterocycles.